The number of benzene rings is 1. The summed E-state index contributed by atoms with van der Waals surface area (Å²) in [5, 5.41) is 22.3. The van der Waals surface area contributed by atoms with Crippen molar-refractivity contribution in [1.29, 1.82) is 5.26 Å². The lowest BCUT2D eigenvalue weighted by Crippen LogP contribution is -2.25. The molecule has 0 aliphatic rings. The molecule has 0 spiro atoms. The number of methoxy groups -OCH3 is 1. The lowest BCUT2D eigenvalue weighted by Gasteiger charge is -2.13. The second kappa shape index (κ2) is 6.52. The number of hydrogen-bond donors (Lipinski definition) is 1. The zero-order valence-electron chi connectivity index (χ0n) is 11.4. The van der Waals surface area contributed by atoms with E-state index in [9.17, 15) is 14.9 Å². The number of nitro benzene ring substituents is 1. The first-order valence-electron chi connectivity index (χ1n) is 5.93. The number of rotatable bonds is 5. The van der Waals surface area contributed by atoms with Gasteiger partial charge in [-0.1, -0.05) is 13.8 Å². The van der Waals surface area contributed by atoms with Crippen molar-refractivity contribution in [2.45, 2.75) is 13.8 Å². The van der Waals surface area contributed by atoms with Crippen molar-refractivity contribution in [3.63, 3.8) is 0 Å². The molecule has 0 saturated heterocycles. The average Bonchev–Trinajstić information content (AvgIpc) is 2.38. The van der Waals surface area contributed by atoms with Crippen LogP contribution in [0.2, 0.25) is 0 Å². The van der Waals surface area contributed by atoms with Crippen molar-refractivity contribution in [1.82, 2.24) is 0 Å². The summed E-state index contributed by atoms with van der Waals surface area (Å²) in [6.45, 7) is 3.51. The molecule has 1 rings (SSSR count). The third-order valence-electron chi connectivity index (χ3n) is 2.73. The van der Waals surface area contributed by atoms with Gasteiger partial charge in [0.15, 0.2) is 5.75 Å². The largest absolute Gasteiger partial charge is 0.490 e. The number of anilines is 1. The van der Waals surface area contributed by atoms with Gasteiger partial charge in [-0.3, -0.25) is 14.9 Å². The van der Waals surface area contributed by atoms with Gasteiger partial charge >= 0.3 is 5.69 Å². The fourth-order valence-corrected chi connectivity index (χ4v) is 1.64. The van der Waals surface area contributed by atoms with Crippen LogP contribution < -0.4 is 10.1 Å². The molecule has 0 fully saturated rings. The summed E-state index contributed by atoms with van der Waals surface area (Å²) in [6, 6.07) is 5.99. The summed E-state index contributed by atoms with van der Waals surface area (Å²) in [5.74, 6) is -1.33. The molecule has 106 valence electrons. The van der Waals surface area contributed by atoms with Crippen molar-refractivity contribution < 1.29 is 14.5 Å². The van der Waals surface area contributed by atoms with Gasteiger partial charge in [0.05, 0.1) is 18.1 Å². The smallest absolute Gasteiger partial charge is 0.312 e. The van der Waals surface area contributed by atoms with Crippen molar-refractivity contribution in [2.24, 2.45) is 11.8 Å². The minimum absolute atomic E-state index is 0.105. The Labute approximate surface area is 116 Å². The number of nitrogens with zero attached hydrogens (tertiary/aromatic N) is 2. The molecule has 0 aliphatic heterocycles. The highest BCUT2D eigenvalue weighted by Gasteiger charge is 2.23. The van der Waals surface area contributed by atoms with E-state index in [4.69, 9.17) is 10.00 Å². The van der Waals surface area contributed by atoms with Gasteiger partial charge < -0.3 is 10.1 Å². The van der Waals surface area contributed by atoms with Crippen molar-refractivity contribution in [3.8, 4) is 11.8 Å². The summed E-state index contributed by atoms with van der Waals surface area (Å²) < 4.78 is 4.87. The first-order valence-corrected chi connectivity index (χ1v) is 5.93. The van der Waals surface area contributed by atoms with Crippen LogP contribution in [-0.4, -0.2) is 17.9 Å². The molecule has 20 heavy (non-hydrogen) atoms. The summed E-state index contributed by atoms with van der Waals surface area (Å²) in [5.41, 5.74) is 0.00625. The maximum absolute atomic E-state index is 11.9. The SMILES string of the molecule is COc1ccc(NC(=O)C(C#N)C(C)C)cc1[N+](=O)[O-]. The first kappa shape index (κ1) is 15.4. The summed E-state index contributed by atoms with van der Waals surface area (Å²) in [4.78, 5) is 22.2. The summed E-state index contributed by atoms with van der Waals surface area (Å²) in [6.07, 6.45) is 0. The number of nitrogens with one attached hydrogen (secondary N) is 1. The first-order chi connectivity index (χ1) is 9.40. The van der Waals surface area contributed by atoms with E-state index >= 15 is 0 Å². The van der Waals surface area contributed by atoms with Crippen LogP contribution in [0.3, 0.4) is 0 Å². The fraction of sp³-hybridized carbons (Fsp3) is 0.385. The van der Waals surface area contributed by atoms with Gasteiger partial charge in [0.25, 0.3) is 0 Å². The Hall–Kier alpha value is -2.62. The number of nitro groups is 1. The monoisotopic (exact) mass is 277 g/mol. The van der Waals surface area contributed by atoms with Gasteiger partial charge in [-0.2, -0.15) is 5.26 Å². The highest BCUT2D eigenvalue weighted by Crippen LogP contribution is 2.30. The van der Waals surface area contributed by atoms with Gasteiger partial charge in [-0.15, -0.1) is 0 Å². The predicted molar refractivity (Wildman–Crippen MR) is 72.2 cm³/mol. The Morgan fingerprint density at radius 3 is 2.60 bits per heavy atom. The molecule has 0 aliphatic carbocycles. The average molecular weight is 277 g/mol. The van der Waals surface area contributed by atoms with Gasteiger partial charge in [0.1, 0.15) is 5.92 Å². The molecular weight excluding hydrogens is 262 g/mol. The fourth-order valence-electron chi connectivity index (χ4n) is 1.64. The molecule has 0 radical (unpaired) electrons. The van der Waals surface area contributed by atoms with E-state index in [1.807, 2.05) is 6.07 Å². The molecule has 1 amide bonds. The minimum Gasteiger partial charge on any atom is -0.490 e. The highest BCUT2D eigenvalue weighted by atomic mass is 16.6. The molecule has 0 aromatic heterocycles. The number of nitriles is 1. The maximum atomic E-state index is 11.9. The quantitative estimate of drug-likeness (QED) is 0.656. The Morgan fingerprint density at radius 1 is 1.50 bits per heavy atom. The molecule has 1 aromatic carbocycles. The lowest BCUT2D eigenvalue weighted by atomic mass is 9.96. The molecule has 0 saturated carbocycles. The molecule has 1 N–H and O–H groups in total. The topological polar surface area (TPSA) is 105 Å². The molecule has 0 bridgehead atoms. The lowest BCUT2D eigenvalue weighted by molar-refractivity contribution is -0.385. The van der Waals surface area contributed by atoms with E-state index in [1.165, 1.54) is 25.3 Å². The molecule has 7 heteroatoms. The minimum atomic E-state index is -0.809. The van der Waals surface area contributed by atoms with E-state index in [-0.39, 0.29) is 23.0 Å². The maximum Gasteiger partial charge on any atom is 0.312 e. The second-order valence-corrected chi connectivity index (χ2v) is 4.48. The molecule has 1 atom stereocenters. The zero-order chi connectivity index (χ0) is 15.3. The van der Waals surface area contributed by atoms with Crippen LogP contribution in [0, 0.1) is 33.3 Å². The third-order valence-corrected chi connectivity index (χ3v) is 2.73. The van der Waals surface area contributed by atoms with Gasteiger partial charge in [-0.25, -0.2) is 0 Å². The van der Waals surface area contributed by atoms with E-state index < -0.39 is 16.7 Å². The van der Waals surface area contributed by atoms with Crippen LogP contribution >= 0.6 is 0 Å². The van der Waals surface area contributed by atoms with Crippen molar-refractivity contribution in [2.75, 3.05) is 12.4 Å². The van der Waals surface area contributed by atoms with Crippen LogP contribution in [0.25, 0.3) is 0 Å². The number of hydrogen-bond acceptors (Lipinski definition) is 5. The zero-order valence-corrected chi connectivity index (χ0v) is 11.4. The summed E-state index contributed by atoms with van der Waals surface area (Å²) >= 11 is 0. The Kier molecular flexibility index (Phi) is 5.03. The number of carbonyl (C=O) groups excluding carboxylic acids is 1. The van der Waals surface area contributed by atoms with Gasteiger partial charge in [0.2, 0.25) is 5.91 Å². The second-order valence-electron chi connectivity index (χ2n) is 4.48. The predicted octanol–water partition coefficient (Wildman–Crippen LogP) is 2.34. The van der Waals surface area contributed by atoms with Gasteiger partial charge in [0, 0.05) is 11.8 Å². The van der Waals surface area contributed by atoms with Crippen molar-refractivity contribution in [3.05, 3.63) is 28.3 Å². The number of ether oxygens (including phenoxy) is 1. The molecule has 1 unspecified atom stereocenters. The Morgan fingerprint density at radius 2 is 2.15 bits per heavy atom. The highest BCUT2D eigenvalue weighted by molar-refractivity contribution is 5.94. The van der Waals surface area contributed by atoms with Crippen LogP contribution in [0.4, 0.5) is 11.4 Å². The molecule has 0 heterocycles. The van der Waals surface area contributed by atoms with Crippen LogP contribution in [0.5, 0.6) is 5.75 Å². The van der Waals surface area contributed by atoms with Crippen LogP contribution in [0.1, 0.15) is 13.8 Å². The standard InChI is InChI=1S/C13H15N3O4/c1-8(2)10(7-14)13(17)15-9-4-5-12(20-3)11(6-9)16(18)19/h4-6,8,10H,1-3H3,(H,15,17). The van der Waals surface area contributed by atoms with Crippen LogP contribution in [-0.2, 0) is 4.79 Å². The molecule has 1 aromatic rings. The number of amides is 1. The molecule has 7 nitrogen and oxygen atoms in total. The number of carbonyl (C=O) groups is 1. The molecular formula is C13H15N3O4. The normalized spacial score (nSPS) is 11.6. The van der Waals surface area contributed by atoms with Crippen LogP contribution in [0.15, 0.2) is 18.2 Å². The van der Waals surface area contributed by atoms with E-state index in [0.717, 1.165) is 0 Å². The summed E-state index contributed by atoms with van der Waals surface area (Å²) in [7, 11) is 1.32. The Balaban J connectivity index is 3.00. The van der Waals surface area contributed by atoms with E-state index in [1.54, 1.807) is 13.8 Å². The Bertz CT molecular complexity index is 563. The van der Waals surface area contributed by atoms with Gasteiger partial charge in [-0.05, 0) is 18.1 Å². The third kappa shape index (κ3) is 3.45. The van der Waals surface area contributed by atoms with Crippen molar-refractivity contribution >= 4 is 17.3 Å². The van der Waals surface area contributed by atoms with E-state index in [0.29, 0.717) is 0 Å². The van der Waals surface area contributed by atoms with E-state index in [2.05, 4.69) is 5.32 Å².